The lowest BCUT2D eigenvalue weighted by Gasteiger charge is -1.76. The molecule has 0 aromatic heterocycles. The molecule has 42 valence electrons. The maximum absolute atomic E-state index is 9.88. The molecule has 0 aliphatic heterocycles. The van der Waals surface area contributed by atoms with Crippen LogP contribution in [0.3, 0.4) is 0 Å². The maximum Gasteiger partial charge on any atom is 0.297 e. The van der Waals surface area contributed by atoms with E-state index in [9.17, 15) is 13.3 Å². The van der Waals surface area contributed by atoms with Crippen LogP contribution in [0.4, 0.5) is 0 Å². The summed E-state index contributed by atoms with van der Waals surface area (Å²) in [5.41, 5.74) is 0. The van der Waals surface area contributed by atoms with E-state index in [2.05, 4.69) is 0 Å². The highest BCUT2D eigenvalue weighted by Gasteiger charge is 2.03. The second kappa shape index (κ2) is 2.55. The average Bonchev–Trinajstić information content (AvgIpc) is 1.68. The second-order valence-electron chi connectivity index (χ2n) is 0.766. The van der Waals surface area contributed by atoms with Gasteiger partial charge in [0.2, 0.25) is 0 Å². The van der Waals surface area contributed by atoms with E-state index in [1.807, 2.05) is 4.58 Å². The van der Waals surface area contributed by atoms with Crippen LogP contribution >= 0.6 is 22.6 Å². The second-order valence-corrected chi connectivity index (χ2v) is 4.17. The van der Waals surface area contributed by atoms with Crippen molar-refractivity contribution in [2.45, 2.75) is 0 Å². The third-order valence-electron chi connectivity index (χ3n) is 0.251. The Kier molecular flexibility index (Phi) is 2.66. The van der Waals surface area contributed by atoms with E-state index in [0.29, 0.717) is 0 Å². The molecule has 0 bridgehead atoms. The molecular formula is CH2INO3S. The summed E-state index contributed by atoms with van der Waals surface area (Å²) in [6.45, 7) is 0. The van der Waals surface area contributed by atoms with Crippen LogP contribution in [-0.4, -0.2) is 12.2 Å². The summed E-state index contributed by atoms with van der Waals surface area (Å²) in [7, 11) is -3.60. The fourth-order valence-corrected chi connectivity index (χ4v) is 0.401. The van der Waals surface area contributed by atoms with Gasteiger partial charge in [-0.3, -0.25) is 0 Å². The fraction of sp³-hybridized carbons (Fsp3) is 1.00. The minimum absolute atomic E-state index is 0.242. The van der Waals surface area contributed by atoms with Crippen molar-refractivity contribution in [1.82, 2.24) is 0 Å². The van der Waals surface area contributed by atoms with Gasteiger partial charge in [0, 0.05) is 0 Å². The number of sulfonamides is 1. The zero-order valence-electron chi connectivity index (χ0n) is 3.17. The predicted molar refractivity (Wildman–Crippen MR) is 33.6 cm³/mol. The van der Waals surface area contributed by atoms with E-state index >= 15 is 0 Å². The van der Waals surface area contributed by atoms with Gasteiger partial charge in [-0.2, -0.15) is 0 Å². The maximum atomic E-state index is 9.88. The first-order valence-corrected chi connectivity index (χ1v) is 4.39. The Morgan fingerprint density at radius 2 is 2.00 bits per heavy atom. The van der Waals surface area contributed by atoms with Gasteiger partial charge < -0.3 is 0 Å². The van der Waals surface area contributed by atoms with Crippen molar-refractivity contribution in [3.63, 3.8) is 0 Å². The quantitative estimate of drug-likeness (QED) is 0.397. The average molecular weight is 235 g/mol. The normalized spacial score (nSPS) is 11.0. The number of nitrogens with zero attached hydrogens (tertiary/aromatic N) is 1. The minimum Gasteiger partial charge on any atom is -0.201 e. The number of hydrogen-bond acceptors (Lipinski definition) is 3. The van der Waals surface area contributed by atoms with E-state index in [1.165, 1.54) is 0 Å². The summed E-state index contributed by atoms with van der Waals surface area (Å²) in [6.07, 6.45) is 0. The van der Waals surface area contributed by atoms with Gasteiger partial charge in [0.1, 0.15) is 3.76 Å². The van der Waals surface area contributed by atoms with Crippen LogP contribution in [0, 0.1) is 4.91 Å². The molecule has 0 aliphatic rings. The van der Waals surface area contributed by atoms with Gasteiger partial charge in [-0.05, 0) is 0 Å². The molecule has 4 nitrogen and oxygen atoms in total. The molecule has 0 amide bonds. The summed E-state index contributed by atoms with van der Waals surface area (Å²) < 4.78 is 21.4. The standard InChI is InChI=1S/CH2INO3S/c2-1-7(5,6)3-4/h1H2. The topological polar surface area (TPSA) is 63.6 Å². The predicted octanol–water partition coefficient (Wildman–Crippen LogP) is 0.475. The summed E-state index contributed by atoms with van der Waals surface area (Å²) >= 11 is 1.55. The Bertz CT molecular complexity index is 148. The van der Waals surface area contributed by atoms with Crippen molar-refractivity contribution in [3.8, 4) is 0 Å². The minimum atomic E-state index is -3.60. The third kappa shape index (κ3) is 2.92. The largest absolute Gasteiger partial charge is 0.297 e. The Balaban J connectivity index is 4.17. The molecule has 0 aromatic rings. The number of halogens is 1. The van der Waals surface area contributed by atoms with E-state index < -0.39 is 10.0 Å². The number of alkyl halides is 1. The molecule has 0 atom stereocenters. The SMILES string of the molecule is O=NS(=O)(=O)CI. The number of nitroso groups, excluding NO2 is 1. The summed E-state index contributed by atoms with van der Waals surface area (Å²) in [4.78, 5) is 9.21. The van der Waals surface area contributed by atoms with Crippen LogP contribution in [-0.2, 0) is 10.0 Å². The highest BCUT2D eigenvalue weighted by Crippen LogP contribution is 1.94. The van der Waals surface area contributed by atoms with Gasteiger partial charge in [0.05, 0.1) is 4.58 Å². The molecule has 0 aromatic carbocycles. The van der Waals surface area contributed by atoms with Crippen molar-refractivity contribution in [2.24, 2.45) is 4.58 Å². The first-order chi connectivity index (χ1) is 3.12. The van der Waals surface area contributed by atoms with Gasteiger partial charge in [-0.15, -0.1) is 4.91 Å². The fourth-order valence-electron chi connectivity index (χ4n) is 0.0199. The molecule has 7 heavy (non-hydrogen) atoms. The Morgan fingerprint density at radius 1 is 1.57 bits per heavy atom. The molecule has 0 radical (unpaired) electrons. The van der Waals surface area contributed by atoms with Gasteiger partial charge in [0.25, 0.3) is 10.0 Å². The van der Waals surface area contributed by atoms with Crippen LogP contribution < -0.4 is 0 Å². The lowest BCUT2D eigenvalue weighted by atomic mass is 12.0. The van der Waals surface area contributed by atoms with Crippen LogP contribution in [0.25, 0.3) is 0 Å². The zero-order valence-corrected chi connectivity index (χ0v) is 6.14. The number of hydrogen-bond donors (Lipinski definition) is 0. The van der Waals surface area contributed by atoms with Crippen molar-refractivity contribution in [3.05, 3.63) is 4.91 Å². The molecule has 0 saturated carbocycles. The van der Waals surface area contributed by atoms with E-state index in [4.69, 9.17) is 0 Å². The zero-order chi connectivity index (χ0) is 5.91. The third-order valence-corrected chi connectivity index (χ3v) is 3.12. The molecule has 0 heterocycles. The van der Waals surface area contributed by atoms with Crippen LogP contribution in [0.1, 0.15) is 0 Å². The molecule has 0 N–H and O–H groups in total. The highest BCUT2D eigenvalue weighted by atomic mass is 127. The first-order valence-electron chi connectivity index (χ1n) is 1.25. The smallest absolute Gasteiger partial charge is 0.201 e. The van der Waals surface area contributed by atoms with Crippen molar-refractivity contribution in [1.29, 1.82) is 0 Å². The summed E-state index contributed by atoms with van der Waals surface area (Å²) in [5.74, 6) is 0. The lowest BCUT2D eigenvalue weighted by Crippen LogP contribution is -1.91. The molecule has 0 spiro atoms. The van der Waals surface area contributed by atoms with Gasteiger partial charge in [0.15, 0.2) is 0 Å². The summed E-state index contributed by atoms with van der Waals surface area (Å²) in [6, 6.07) is 0. The first kappa shape index (κ1) is 7.28. The van der Waals surface area contributed by atoms with Gasteiger partial charge in [-0.25, -0.2) is 8.42 Å². The molecule has 6 heteroatoms. The molecule has 0 rings (SSSR count). The molecule has 0 fully saturated rings. The van der Waals surface area contributed by atoms with Gasteiger partial charge in [-0.1, -0.05) is 22.6 Å². The molecular weight excluding hydrogens is 233 g/mol. The Morgan fingerprint density at radius 3 is 2.00 bits per heavy atom. The lowest BCUT2D eigenvalue weighted by molar-refractivity contribution is 0.603. The Hall–Kier alpha value is 0.280. The van der Waals surface area contributed by atoms with Crippen LogP contribution in [0.5, 0.6) is 0 Å². The van der Waals surface area contributed by atoms with Crippen molar-refractivity contribution >= 4 is 32.6 Å². The van der Waals surface area contributed by atoms with Crippen LogP contribution in [0.2, 0.25) is 0 Å². The molecule has 0 saturated heterocycles. The van der Waals surface area contributed by atoms with Gasteiger partial charge >= 0.3 is 0 Å². The molecule has 0 unspecified atom stereocenters. The highest BCUT2D eigenvalue weighted by molar-refractivity contribution is 14.1. The monoisotopic (exact) mass is 235 g/mol. The Labute approximate surface area is 54.5 Å². The molecule has 0 aliphatic carbocycles. The van der Waals surface area contributed by atoms with E-state index in [-0.39, 0.29) is 3.76 Å². The number of rotatable bonds is 2. The summed E-state index contributed by atoms with van der Waals surface area (Å²) in [5, 5.41) is 0. The van der Waals surface area contributed by atoms with Crippen LogP contribution in [0.15, 0.2) is 4.58 Å². The van der Waals surface area contributed by atoms with Crippen molar-refractivity contribution in [2.75, 3.05) is 3.76 Å². The van der Waals surface area contributed by atoms with E-state index in [1.54, 1.807) is 22.6 Å². The van der Waals surface area contributed by atoms with Crippen molar-refractivity contribution < 1.29 is 8.42 Å². The van der Waals surface area contributed by atoms with E-state index in [0.717, 1.165) is 0 Å².